The summed E-state index contributed by atoms with van der Waals surface area (Å²) >= 11 is 3.31. The van der Waals surface area contributed by atoms with Crippen LogP contribution in [-0.2, 0) is 0 Å². The summed E-state index contributed by atoms with van der Waals surface area (Å²) in [6, 6.07) is 0. The number of rotatable bonds is 2. The quantitative estimate of drug-likeness (QED) is 0.371. The van der Waals surface area contributed by atoms with E-state index in [-0.39, 0.29) is 31.0 Å². The monoisotopic (exact) mass is 160 g/mol. The molecule has 0 bridgehead atoms. The van der Waals surface area contributed by atoms with Gasteiger partial charge in [0.1, 0.15) is 0 Å². The van der Waals surface area contributed by atoms with Gasteiger partial charge in [-0.1, -0.05) is 29.3 Å². The van der Waals surface area contributed by atoms with E-state index in [4.69, 9.17) is 0 Å². The Hall–Kier alpha value is 1.48. The molecule has 0 amide bonds. The molecule has 0 N–H and O–H groups in total. The molecule has 0 aromatic rings. The second kappa shape index (κ2) is 9.70. The smallest absolute Gasteiger partial charge is 1.00 e. The average molecular weight is 161 g/mol. The molecule has 2 heteroatoms. The molecule has 34 valence electrons. The topological polar surface area (TPSA) is 0 Å². The predicted octanol–water partition coefficient (Wildman–Crippen LogP) is -0.702. The van der Waals surface area contributed by atoms with Gasteiger partial charge in [0.2, 0.25) is 0 Å². The molecule has 0 rings (SSSR count). The summed E-state index contributed by atoms with van der Waals surface area (Å²) in [5.41, 5.74) is 0. The number of halogens is 1. The van der Waals surface area contributed by atoms with Gasteiger partial charge in [0.05, 0.1) is 0 Å². The van der Waals surface area contributed by atoms with E-state index < -0.39 is 0 Å². The molecule has 0 atom stereocenters. The van der Waals surface area contributed by atoms with Crippen LogP contribution in [0.4, 0.5) is 0 Å². The Morgan fingerprint density at radius 3 is 2.17 bits per heavy atom. The van der Waals surface area contributed by atoms with Crippen molar-refractivity contribution in [2.24, 2.45) is 0 Å². The van der Waals surface area contributed by atoms with Crippen molar-refractivity contribution in [2.75, 3.05) is 5.33 Å². The van der Waals surface area contributed by atoms with Gasteiger partial charge in [0, 0.05) is 5.33 Å². The maximum absolute atomic E-state index is 3.31. The summed E-state index contributed by atoms with van der Waals surface area (Å²) in [4.78, 5) is 0. The van der Waals surface area contributed by atoms with Crippen LogP contribution in [0.2, 0.25) is 0 Å². The first-order valence-corrected chi connectivity index (χ1v) is 3.10. The van der Waals surface area contributed by atoms with E-state index >= 15 is 0 Å². The zero-order valence-electron chi connectivity index (χ0n) is 5.50. The molecule has 0 saturated carbocycles. The van der Waals surface area contributed by atoms with Gasteiger partial charge in [-0.25, -0.2) is 0 Å². The van der Waals surface area contributed by atoms with Crippen molar-refractivity contribution in [3.8, 4) is 0 Å². The van der Waals surface area contributed by atoms with Crippen LogP contribution >= 0.6 is 15.9 Å². The molecule has 0 radical (unpaired) electrons. The summed E-state index contributed by atoms with van der Waals surface area (Å²) in [6.45, 7) is 2.18. The fraction of sp³-hybridized carbons (Fsp3) is 1.00. The maximum Gasteiger partial charge on any atom is 1.00 e. The van der Waals surface area contributed by atoms with Crippen molar-refractivity contribution in [3.05, 3.63) is 0 Å². The van der Waals surface area contributed by atoms with E-state index in [1.807, 2.05) is 0 Å². The molecule has 0 heterocycles. The second-order valence-corrected chi connectivity index (χ2v) is 1.84. The zero-order chi connectivity index (χ0) is 4.12. The molecule has 0 aliphatic heterocycles. The van der Waals surface area contributed by atoms with Crippen LogP contribution < -0.4 is 29.6 Å². The molecule has 0 unspecified atom stereocenters. The van der Waals surface area contributed by atoms with Crippen molar-refractivity contribution in [2.45, 2.75) is 19.8 Å². The fourth-order valence-electron chi connectivity index (χ4n) is 0.134. The SMILES string of the molecule is CCCCBr.[H-].[Na+]. The first-order chi connectivity index (χ1) is 2.41. The molecule has 6 heavy (non-hydrogen) atoms. The number of hydrogen-bond donors (Lipinski definition) is 0. The van der Waals surface area contributed by atoms with Gasteiger partial charge in [0.25, 0.3) is 0 Å². The Bertz CT molecular complexity index is 19.2. The van der Waals surface area contributed by atoms with Crippen molar-refractivity contribution in [3.63, 3.8) is 0 Å². The van der Waals surface area contributed by atoms with Crippen LogP contribution in [0.3, 0.4) is 0 Å². The van der Waals surface area contributed by atoms with Crippen LogP contribution in [0.25, 0.3) is 0 Å². The molecule has 0 aliphatic carbocycles. The van der Waals surface area contributed by atoms with Gasteiger partial charge in [-0.3, -0.25) is 0 Å². The minimum absolute atomic E-state index is 0. The first-order valence-electron chi connectivity index (χ1n) is 1.97. The van der Waals surface area contributed by atoms with Crippen LogP contribution in [0.5, 0.6) is 0 Å². The van der Waals surface area contributed by atoms with Gasteiger partial charge in [-0.2, -0.15) is 0 Å². The third-order valence-corrected chi connectivity index (χ3v) is 1.05. The zero-order valence-corrected chi connectivity index (χ0v) is 8.09. The predicted molar refractivity (Wildman–Crippen MR) is 29.8 cm³/mol. The van der Waals surface area contributed by atoms with E-state index in [2.05, 4.69) is 22.9 Å². The molecule has 0 aromatic carbocycles. The van der Waals surface area contributed by atoms with Gasteiger partial charge in [-0.15, -0.1) is 0 Å². The van der Waals surface area contributed by atoms with Gasteiger partial charge in [-0.05, 0) is 6.42 Å². The van der Waals surface area contributed by atoms with Crippen LogP contribution in [-0.4, -0.2) is 5.33 Å². The van der Waals surface area contributed by atoms with E-state index in [1.165, 1.54) is 12.8 Å². The third kappa shape index (κ3) is 9.08. The van der Waals surface area contributed by atoms with E-state index in [0.717, 1.165) is 5.33 Å². The van der Waals surface area contributed by atoms with Gasteiger partial charge >= 0.3 is 29.6 Å². The molecule has 0 saturated heterocycles. The van der Waals surface area contributed by atoms with E-state index in [9.17, 15) is 0 Å². The first kappa shape index (κ1) is 10.5. The molecule has 0 aromatic heterocycles. The molecule has 0 aliphatic rings. The molecule has 0 fully saturated rings. The molecule has 0 nitrogen and oxygen atoms in total. The van der Waals surface area contributed by atoms with Gasteiger partial charge in [0.15, 0.2) is 0 Å². The van der Waals surface area contributed by atoms with Crippen LogP contribution in [0, 0.1) is 0 Å². The second-order valence-electron chi connectivity index (χ2n) is 1.04. The fourth-order valence-corrected chi connectivity index (χ4v) is 0.694. The molecule has 0 spiro atoms. The number of alkyl halides is 1. The summed E-state index contributed by atoms with van der Waals surface area (Å²) in [6.07, 6.45) is 2.60. The number of unbranched alkanes of at least 4 members (excludes halogenated alkanes) is 1. The Balaban J connectivity index is -0.0000000800. The Kier molecular flexibility index (Phi) is 16.9. The minimum Gasteiger partial charge on any atom is -1.00 e. The van der Waals surface area contributed by atoms with Crippen molar-refractivity contribution in [1.29, 1.82) is 0 Å². The third-order valence-electron chi connectivity index (χ3n) is 0.487. The van der Waals surface area contributed by atoms with E-state index in [1.54, 1.807) is 0 Å². The van der Waals surface area contributed by atoms with Crippen molar-refractivity contribution < 1.29 is 31.0 Å². The van der Waals surface area contributed by atoms with Gasteiger partial charge < -0.3 is 1.43 Å². The molecular formula is C4H10BrNa. The summed E-state index contributed by atoms with van der Waals surface area (Å²) in [5.74, 6) is 0. The minimum atomic E-state index is 0. The number of hydrogen-bond acceptors (Lipinski definition) is 0. The normalized spacial score (nSPS) is 7.00. The standard InChI is InChI=1S/C4H9Br.Na.H/c1-2-3-4-5;;/h2-4H2,1H3;;/q;+1;-1. The Morgan fingerprint density at radius 2 is 2.17 bits per heavy atom. The largest absolute Gasteiger partial charge is 1.00 e. The Labute approximate surface area is 71.6 Å². The van der Waals surface area contributed by atoms with Crippen molar-refractivity contribution >= 4 is 15.9 Å². The van der Waals surface area contributed by atoms with E-state index in [0.29, 0.717) is 0 Å². The summed E-state index contributed by atoms with van der Waals surface area (Å²) in [7, 11) is 0. The average Bonchev–Trinajstić information content (AvgIpc) is 1.41. The Morgan fingerprint density at radius 1 is 1.67 bits per heavy atom. The summed E-state index contributed by atoms with van der Waals surface area (Å²) < 4.78 is 0. The van der Waals surface area contributed by atoms with Crippen LogP contribution in [0.15, 0.2) is 0 Å². The summed E-state index contributed by atoms with van der Waals surface area (Å²) in [5, 5.41) is 1.16. The van der Waals surface area contributed by atoms with Crippen molar-refractivity contribution in [1.82, 2.24) is 0 Å². The molecular weight excluding hydrogens is 151 g/mol. The maximum atomic E-state index is 3.31. The van der Waals surface area contributed by atoms with Crippen LogP contribution in [0.1, 0.15) is 21.2 Å².